The van der Waals surface area contributed by atoms with Crippen LogP contribution in [-0.2, 0) is 12.8 Å². The summed E-state index contributed by atoms with van der Waals surface area (Å²) < 4.78 is 10.9. The molecule has 0 fully saturated rings. The van der Waals surface area contributed by atoms with Crippen molar-refractivity contribution in [1.82, 2.24) is 5.32 Å². The molecule has 4 nitrogen and oxygen atoms in total. The van der Waals surface area contributed by atoms with E-state index in [-0.39, 0.29) is 6.61 Å². The van der Waals surface area contributed by atoms with Crippen molar-refractivity contribution in [2.45, 2.75) is 25.3 Å². The third-order valence-corrected chi connectivity index (χ3v) is 3.49. The monoisotopic (exact) mass is 235 g/mol. The summed E-state index contributed by atoms with van der Waals surface area (Å²) >= 11 is 0. The minimum Gasteiger partial charge on any atom is -0.454 e. The van der Waals surface area contributed by atoms with E-state index in [1.807, 2.05) is 6.07 Å². The minimum atomic E-state index is 0.199. The summed E-state index contributed by atoms with van der Waals surface area (Å²) in [7, 11) is 0. The minimum absolute atomic E-state index is 0.199. The molecule has 2 N–H and O–H groups in total. The molecule has 1 aliphatic carbocycles. The van der Waals surface area contributed by atoms with Crippen LogP contribution in [0.5, 0.6) is 11.5 Å². The number of fused-ring (bicyclic) bond motifs is 3. The maximum atomic E-state index is 8.82. The quantitative estimate of drug-likeness (QED) is 0.815. The van der Waals surface area contributed by atoms with E-state index >= 15 is 0 Å². The number of hydrogen-bond donors (Lipinski definition) is 2. The number of nitrogens with one attached hydrogen (secondary N) is 1. The van der Waals surface area contributed by atoms with E-state index in [4.69, 9.17) is 14.6 Å². The lowest BCUT2D eigenvalue weighted by Crippen LogP contribution is -2.36. The molecule has 17 heavy (non-hydrogen) atoms. The first kappa shape index (κ1) is 10.9. The maximum Gasteiger partial charge on any atom is 0.231 e. The van der Waals surface area contributed by atoms with Gasteiger partial charge in [0.15, 0.2) is 11.5 Å². The van der Waals surface area contributed by atoms with Crippen molar-refractivity contribution in [3.05, 3.63) is 23.3 Å². The van der Waals surface area contributed by atoms with Crippen LogP contribution in [0.15, 0.2) is 12.1 Å². The number of rotatable bonds is 3. The van der Waals surface area contributed by atoms with Gasteiger partial charge in [-0.3, -0.25) is 0 Å². The second-order valence-electron chi connectivity index (χ2n) is 4.55. The van der Waals surface area contributed by atoms with Gasteiger partial charge in [-0.05, 0) is 30.9 Å². The van der Waals surface area contributed by atoms with Gasteiger partial charge in [-0.25, -0.2) is 0 Å². The number of benzene rings is 1. The van der Waals surface area contributed by atoms with Gasteiger partial charge in [0.25, 0.3) is 0 Å². The van der Waals surface area contributed by atoms with Crippen LogP contribution in [-0.4, -0.2) is 31.1 Å². The van der Waals surface area contributed by atoms with Crippen LogP contribution in [0.4, 0.5) is 0 Å². The first-order valence-electron chi connectivity index (χ1n) is 6.13. The normalized spacial score (nSPS) is 21.4. The maximum absolute atomic E-state index is 8.82. The second-order valence-corrected chi connectivity index (χ2v) is 4.55. The molecule has 0 saturated carbocycles. The van der Waals surface area contributed by atoms with E-state index in [2.05, 4.69) is 11.4 Å². The molecule has 0 aromatic heterocycles. The predicted octanol–water partition coefficient (Wildman–Crippen LogP) is 0.855. The molecular weight excluding hydrogens is 218 g/mol. The van der Waals surface area contributed by atoms with Crippen LogP contribution in [0, 0.1) is 0 Å². The van der Waals surface area contributed by atoms with Gasteiger partial charge in [0.1, 0.15) is 0 Å². The first-order valence-corrected chi connectivity index (χ1v) is 6.13. The molecule has 0 amide bonds. The second kappa shape index (κ2) is 4.55. The topological polar surface area (TPSA) is 50.7 Å². The number of aliphatic hydroxyl groups excluding tert-OH is 1. The Hall–Kier alpha value is -1.26. The molecule has 2 aliphatic rings. The smallest absolute Gasteiger partial charge is 0.231 e. The lowest BCUT2D eigenvalue weighted by atomic mass is 9.87. The number of aliphatic hydroxyl groups is 1. The molecule has 1 atom stereocenters. The Morgan fingerprint density at radius 3 is 3.18 bits per heavy atom. The summed E-state index contributed by atoms with van der Waals surface area (Å²) in [5, 5.41) is 12.2. The molecule has 0 radical (unpaired) electrons. The molecule has 1 heterocycles. The summed E-state index contributed by atoms with van der Waals surface area (Å²) in [6, 6.07) is 4.60. The summed E-state index contributed by atoms with van der Waals surface area (Å²) in [4.78, 5) is 0. The third kappa shape index (κ3) is 1.98. The lowest BCUT2D eigenvalue weighted by molar-refractivity contribution is 0.173. The Balaban J connectivity index is 1.80. The van der Waals surface area contributed by atoms with Crippen LogP contribution in [0.25, 0.3) is 0 Å². The van der Waals surface area contributed by atoms with Gasteiger partial charge in [-0.1, -0.05) is 6.07 Å². The Morgan fingerprint density at radius 2 is 2.29 bits per heavy atom. The molecule has 4 heteroatoms. The Labute approximate surface area is 101 Å². The molecule has 3 rings (SSSR count). The molecule has 0 spiro atoms. The fourth-order valence-electron chi connectivity index (χ4n) is 2.67. The SMILES string of the molecule is OCCNC1CCc2c(ccc3c2OCO3)C1. The van der Waals surface area contributed by atoms with E-state index in [0.717, 1.165) is 30.8 Å². The van der Waals surface area contributed by atoms with Crippen molar-refractivity contribution in [2.75, 3.05) is 19.9 Å². The molecular formula is C13H17NO3. The van der Waals surface area contributed by atoms with Gasteiger partial charge in [-0.2, -0.15) is 0 Å². The molecule has 1 aliphatic heterocycles. The van der Waals surface area contributed by atoms with Crippen molar-refractivity contribution in [3.8, 4) is 11.5 Å². The highest BCUT2D eigenvalue weighted by atomic mass is 16.7. The molecule has 92 valence electrons. The van der Waals surface area contributed by atoms with E-state index < -0.39 is 0 Å². The van der Waals surface area contributed by atoms with Crippen LogP contribution in [0.3, 0.4) is 0 Å². The molecule has 1 aromatic carbocycles. The van der Waals surface area contributed by atoms with Crippen molar-refractivity contribution in [3.63, 3.8) is 0 Å². The van der Waals surface area contributed by atoms with E-state index in [1.54, 1.807) is 0 Å². The van der Waals surface area contributed by atoms with E-state index in [0.29, 0.717) is 19.4 Å². The average molecular weight is 235 g/mol. The third-order valence-electron chi connectivity index (χ3n) is 3.49. The van der Waals surface area contributed by atoms with Crippen molar-refractivity contribution < 1.29 is 14.6 Å². The van der Waals surface area contributed by atoms with Gasteiger partial charge >= 0.3 is 0 Å². The van der Waals surface area contributed by atoms with Gasteiger partial charge < -0.3 is 19.9 Å². The number of ether oxygens (including phenoxy) is 2. The summed E-state index contributed by atoms with van der Waals surface area (Å²) in [5.41, 5.74) is 2.65. The van der Waals surface area contributed by atoms with Crippen LogP contribution in [0.2, 0.25) is 0 Å². The zero-order valence-electron chi connectivity index (χ0n) is 9.74. The predicted molar refractivity (Wildman–Crippen MR) is 63.5 cm³/mol. The number of hydrogen-bond acceptors (Lipinski definition) is 4. The fourth-order valence-corrected chi connectivity index (χ4v) is 2.67. The van der Waals surface area contributed by atoms with Crippen molar-refractivity contribution in [1.29, 1.82) is 0 Å². The highest BCUT2D eigenvalue weighted by molar-refractivity contribution is 5.53. The van der Waals surface area contributed by atoms with E-state index in [1.165, 1.54) is 11.1 Å². The lowest BCUT2D eigenvalue weighted by Gasteiger charge is -2.26. The van der Waals surface area contributed by atoms with Crippen molar-refractivity contribution in [2.24, 2.45) is 0 Å². The Bertz CT molecular complexity index is 419. The molecule has 0 saturated heterocycles. The largest absolute Gasteiger partial charge is 0.454 e. The van der Waals surface area contributed by atoms with E-state index in [9.17, 15) is 0 Å². The highest BCUT2D eigenvalue weighted by Crippen LogP contribution is 2.40. The van der Waals surface area contributed by atoms with Crippen LogP contribution in [0.1, 0.15) is 17.5 Å². The van der Waals surface area contributed by atoms with Gasteiger partial charge in [-0.15, -0.1) is 0 Å². The van der Waals surface area contributed by atoms with Crippen LogP contribution < -0.4 is 14.8 Å². The summed E-state index contributed by atoms with van der Waals surface area (Å²) in [6.07, 6.45) is 3.11. The van der Waals surface area contributed by atoms with Gasteiger partial charge in [0.2, 0.25) is 6.79 Å². The molecule has 1 unspecified atom stereocenters. The molecule has 1 aromatic rings. The van der Waals surface area contributed by atoms with Crippen molar-refractivity contribution >= 4 is 0 Å². The fraction of sp³-hybridized carbons (Fsp3) is 0.538. The Morgan fingerprint density at radius 1 is 1.35 bits per heavy atom. The summed E-state index contributed by atoms with van der Waals surface area (Å²) in [6.45, 7) is 1.22. The summed E-state index contributed by atoms with van der Waals surface area (Å²) in [5.74, 6) is 1.83. The zero-order valence-corrected chi connectivity index (χ0v) is 9.74. The first-order chi connectivity index (χ1) is 8.38. The Kier molecular flexibility index (Phi) is 2.91. The molecule has 0 bridgehead atoms. The standard InChI is InChI=1S/C13H17NO3/c15-6-5-14-10-2-3-11-9(7-10)1-4-12-13(11)17-8-16-12/h1,4,10,14-15H,2-3,5-8H2. The zero-order chi connectivity index (χ0) is 11.7. The highest BCUT2D eigenvalue weighted by Gasteiger charge is 2.25. The average Bonchev–Trinajstić information content (AvgIpc) is 2.84. The van der Waals surface area contributed by atoms with Gasteiger partial charge in [0.05, 0.1) is 6.61 Å². The van der Waals surface area contributed by atoms with Gasteiger partial charge in [0, 0.05) is 18.2 Å². The van der Waals surface area contributed by atoms with Crippen LogP contribution >= 0.6 is 0 Å².